The Morgan fingerprint density at radius 2 is 2.12 bits per heavy atom. The molecule has 0 spiro atoms. The molecule has 1 heterocycles. The molecule has 1 fully saturated rings. The second-order valence-electron chi connectivity index (χ2n) is 5.56. The maximum Gasteiger partial charge on any atom is 0.325 e. The van der Waals surface area contributed by atoms with Crippen LogP contribution in [0.2, 0.25) is 0 Å². The number of nitriles is 1. The molecule has 1 aromatic carbocycles. The Bertz CT molecular complexity index is 649. The van der Waals surface area contributed by atoms with Crippen LogP contribution in [0.25, 0.3) is 0 Å². The molecule has 1 N–H and O–H groups in total. The lowest BCUT2D eigenvalue weighted by Crippen LogP contribution is -2.42. The van der Waals surface area contributed by atoms with Crippen molar-refractivity contribution in [2.24, 2.45) is 5.92 Å². The Kier molecular flexibility index (Phi) is 6.13. The number of nitrogens with one attached hydrogen (secondary N) is 1. The van der Waals surface area contributed by atoms with Gasteiger partial charge in [0, 0.05) is 19.0 Å². The van der Waals surface area contributed by atoms with Crippen molar-refractivity contribution in [2.75, 3.05) is 31.1 Å². The number of rotatable bonds is 5. The van der Waals surface area contributed by atoms with E-state index in [1.165, 1.54) is 12.1 Å². The van der Waals surface area contributed by atoms with E-state index in [0.717, 1.165) is 0 Å². The van der Waals surface area contributed by atoms with E-state index < -0.39 is 11.8 Å². The molecule has 7 heteroatoms. The molecule has 6 nitrogen and oxygen atoms in total. The van der Waals surface area contributed by atoms with Crippen LogP contribution in [0.4, 0.5) is 10.1 Å². The van der Waals surface area contributed by atoms with Crippen molar-refractivity contribution in [3.63, 3.8) is 0 Å². The molecule has 1 aliphatic rings. The Balaban J connectivity index is 1.88. The van der Waals surface area contributed by atoms with E-state index in [9.17, 15) is 14.0 Å². The normalized spacial score (nSPS) is 14.8. The fraction of sp³-hybridized carbons (Fsp3) is 0.471. The summed E-state index contributed by atoms with van der Waals surface area (Å²) in [6.07, 6.45) is 1.22. The first kappa shape index (κ1) is 17.7. The lowest BCUT2D eigenvalue weighted by molar-refractivity contribution is -0.143. The van der Waals surface area contributed by atoms with E-state index in [4.69, 9.17) is 10.00 Å². The summed E-state index contributed by atoms with van der Waals surface area (Å²) in [4.78, 5) is 25.3. The van der Waals surface area contributed by atoms with Crippen LogP contribution in [0, 0.1) is 23.1 Å². The van der Waals surface area contributed by atoms with Gasteiger partial charge in [0.1, 0.15) is 18.4 Å². The van der Waals surface area contributed by atoms with E-state index in [1.54, 1.807) is 13.0 Å². The minimum Gasteiger partial charge on any atom is -0.465 e. The van der Waals surface area contributed by atoms with Gasteiger partial charge in [-0.05, 0) is 38.0 Å². The molecular formula is C17H20FN3O3. The van der Waals surface area contributed by atoms with Crippen LogP contribution in [0.5, 0.6) is 0 Å². The van der Waals surface area contributed by atoms with Gasteiger partial charge in [-0.15, -0.1) is 0 Å². The van der Waals surface area contributed by atoms with E-state index in [2.05, 4.69) is 5.32 Å². The van der Waals surface area contributed by atoms with Crippen molar-refractivity contribution in [2.45, 2.75) is 19.8 Å². The highest BCUT2D eigenvalue weighted by Crippen LogP contribution is 2.26. The number of esters is 1. The molecule has 1 aromatic rings. The number of carbonyl (C=O) groups excluding carboxylic acids is 2. The number of anilines is 1. The Labute approximate surface area is 140 Å². The summed E-state index contributed by atoms with van der Waals surface area (Å²) in [6.45, 7) is 3.06. The second-order valence-corrected chi connectivity index (χ2v) is 5.56. The molecule has 128 valence electrons. The largest absolute Gasteiger partial charge is 0.465 e. The standard InChI is InChI=1S/C17H20FN3O3/c1-2-24-16(22)11-20-17(23)12-5-7-21(8-6-12)15-4-3-14(18)9-13(15)10-19/h3-4,9,12H,2,5-8,11H2,1H3,(H,20,23). The fourth-order valence-corrected chi connectivity index (χ4v) is 2.77. The van der Waals surface area contributed by atoms with Gasteiger partial charge in [0.2, 0.25) is 5.91 Å². The Morgan fingerprint density at radius 3 is 2.75 bits per heavy atom. The minimum absolute atomic E-state index is 0.122. The number of nitrogens with zero attached hydrogens (tertiary/aromatic N) is 2. The van der Waals surface area contributed by atoms with Crippen LogP contribution >= 0.6 is 0 Å². The highest BCUT2D eigenvalue weighted by Gasteiger charge is 2.26. The van der Waals surface area contributed by atoms with E-state index in [-0.39, 0.29) is 25.0 Å². The number of amides is 1. The molecule has 1 amide bonds. The van der Waals surface area contributed by atoms with Crippen LogP contribution in [0.15, 0.2) is 18.2 Å². The van der Waals surface area contributed by atoms with Crippen molar-refractivity contribution in [1.29, 1.82) is 5.26 Å². The topological polar surface area (TPSA) is 82.4 Å². The number of hydrogen-bond acceptors (Lipinski definition) is 5. The van der Waals surface area contributed by atoms with Crippen molar-refractivity contribution in [3.8, 4) is 6.07 Å². The molecule has 0 aromatic heterocycles. The van der Waals surface area contributed by atoms with Gasteiger partial charge in [-0.2, -0.15) is 5.26 Å². The quantitative estimate of drug-likeness (QED) is 0.828. The third-order valence-electron chi connectivity index (χ3n) is 4.00. The highest BCUT2D eigenvalue weighted by molar-refractivity contribution is 5.83. The summed E-state index contributed by atoms with van der Waals surface area (Å²) < 4.78 is 18.0. The molecule has 1 saturated heterocycles. The average molecular weight is 333 g/mol. The first-order chi connectivity index (χ1) is 11.5. The minimum atomic E-state index is -0.451. The lowest BCUT2D eigenvalue weighted by atomic mass is 9.95. The molecule has 0 unspecified atom stereocenters. The van der Waals surface area contributed by atoms with Crippen LogP contribution in [0.3, 0.4) is 0 Å². The number of benzene rings is 1. The monoisotopic (exact) mass is 333 g/mol. The van der Waals surface area contributed by atoms with Crippen LogP contribution < -0.4 is 10.2 Å². The molecule has 0 atom stereocenters. The molecule has 1 aliphatic heterocycles. The lowest BCUT2D eigenvalue weighted by Gasteiger charge is -2.33. The predicted molar refractivity (Wildman–Crippen MR) is 85.7 cm³/mol. The molecule has 0 saturated carbocycles. The number of ether oxygens (including phenoxy) is 1. The van der Waals surface area contributed by atoms with E-state index >= 15 is 0 Å². The molecule has 2 rings (SSSR count). The van der Waals surface area contributed by atoms with Crippen LogP contribution in [-0.2, 0) is 14.3 Å². The fourth-order valence-electron chi connectivity index (χ4n) is 2.77. The maximum atomic E-state index is 13.2. The van der Waals surface area contributed by atoms with Crippen molar-refractivity contribution < 1.29 is 18.7 Å². The summed E-state index contributed by atoms with van der Waals surface area (Å²) in [7, 11) is 0. The number of hydrogen-bond donors (Lipinski definition) is 1. The highest BCUT2D eigenvalue weighted by atomic mass is 19.1. The van der Waals surface area contributed by atoms with Gasteiger partial charge in [-0.3, -0.25) is 9.59 Å². The summed E-state index contributed by atoms with van der Waals surface area (Å²) in [6, 6.07) is 6.14. The van der Waals surface area contributed by atoms with E-state index in [0.29, 0.717) is 37.2 Å². The molecular weight excluding hydrogens is 313 g/mol. The maximum absolute atomic E-state index is 13.2. The first-order valence-corrected chi connectivity index (χ1v) is 7.93. The summed E-state index contributed by atoms with van der Waals surface area (Å²) in [5.41, 5.74) is 0.976. The van der Waals surface area contributed by atoms with Gasteiger partial charge in [0.05, 0.1) is 17.9 Å². The molecule has 0 bridgehead atoms. The third-order valence-corrected chi connectivity index (χ3v) is 4.00. The summed E-state index contributed by atoms with van der Waals surface area (Å²) in [5, 5.41) is 11.7. The Hall–Kier alpha value is -2.62. The zero-order chi connectivity index (χ0) is 17.5. The van der Waals surface area contributed by atoms with Gasteiger partial charge in [0.15, 0.2) is 0 Å². The van der Waals surface area contributed by atoms with Crippen LogP contribution in [-0.4, -0.2) is 38.1 Å². The van der Waals surface area contributed by atoms with Crippen molar-refractivity contribution in [1.82, 2.24) is 5.32 Å². The number of carbonyl (C=O) groups is 2. The molecule has 0 aliphatic carbocycles. The van der Waals surface area contributed by atoms with E-state index in [1.807, 2.05) is 11.0 Å². The predicted octanol–water partition coefficient (Wildman–Crippen LogP) is 1.59. The average Bonchev–Trinajstić information content (AvgIpc) is 2.60. The zero-order valence-electron chi connectivity index (χ0n) is 13.5. The molecule has 0 radical (unpaired) electrons. The van der Waals surface area contributed by atoms with Gasteiger partial charge in [-0.1, -0.05) is 0 Å². The number of halogens is 1. The Morgan fingerprint density at radius 1 is 1.42 bits per heavy atom. The van der Waals surface area contributed by atoms with Crippen molar-refractivity contribution in [3.05, 3.63) is 29.6 Å². The van der Waals surface area contributed by atoms with Crippen molar-refractivity contribution >= 4 is 17.6 Å². The second kappa shape index (κ2) is 8.29. The molecule has 24 heavy (non-hydrogen) atoms. The summed E-state index contributed by atoms with van der Waals surface area (Å²) >= 11 is 0. The van der Waals surface area contributed by atoms with Gasteiger partial charge in [0.25, 0.3) is 0 Å². The van der Waals surface area contributed by atoms with Crippen LogP contribution in [0.1, 0.15) is 25.3 Å². The SMILES string of the molecule is CCOC(=O)CNC(=O)C1CCN(c2ccc(F)cc2C#N)CC1. The first-order valence-electron chi connectivity index (χ1n) is 7.93. The third kappa shape index (κ3) is 4.44. The summed E-state index contributed by atoms with van der Waals surface area (Å²) in [5.74, 6) is -1.24. The smallest absolute Gasteiger partial charge is 0.325 e. The zero-order valence-corrected chi connectivity index (χ0v) is 13.5. The number of piperidine rings is 1. The van der Waals surface area contributed by atoms with Gasteiger partial charge >= 0.3 is 5.97 Å². The van der Waals surface area contributed by atoms with Gasteiger partial charge < -0.3 is 15.0 Å². The van der Waals surface area contributed by atoms with Gasteiger partial charge in [-0.25, -0.2) is 4.39 Å².